The van der Waals surface area contributed by atoms with Crippen LogP contribution in [0.1, 0.15) is 58.3 Å². The molecule has 3 heteroatoms. The Labute approximate surface area is 135 Å². The molecule has 0 aliphatic heterocycles. The zero-order valence-corrected chi connectivity index (χ0v) is 14.4. The molecule has 2 nitrogen and oxygen atoms in total. The number of carbonyl (C=O) groups excluding carboxylic acids is 1. The third kappa shape index (κ3) is 1.96. The average Bonchev–Trinajstić information content (AvgIpc) is 2.78. The summed E-state index contributed by atoms with van der Waals surface area (Å²) in [5.74, 6) is 3.21. The second-order valence-electron chi connectivity index (χ2n) is 8.02. The molecule has 0 aromatic rings. The van der Waals surface area contributed by atoms with Crippen LogP contribution in [0.3, 0.4) is 0 Å². The van der Waals surface area contributed by atoms with Crippen LogP contribution in [0.5, 0.6) is 0 Å². The summed E-state index contributed by atoms with van der Waals surface area (Å²) in [6.07, 6.45) is 8.67. The highest BCUT2D eigenvalue weighted by Crippen LogP contribution is 2.62. The van der Waals surface area contributed by atoms with E-state index < -0.39 is 0 Å². The number of ketones is 1. The molecule has 0 spiro atoms. The van der Waals surface area contributed by atoms with E-state index >= 15 is 0 Å². The maximum Gasteiger partial charge on any atom is 0.169 e. The monoisotopic (exact) mass is 352 g/mol. The lowest BCUT2D eigenvalue weighted by Crippen LogP contribution is -2.47. The molecule has 3 fully saturated rings. The number of halogens is 1. The fraction of sp³-hybridized carbons (Fsp3) is 0.833. The molecule has 4 aliphatic rings. The number of rotatable bonds is 0. The molecule has 0 aromatic heterocycles. The minimum atomic E-state index is -0.0833. The highest BCUT2D eigenvalue weighted by atomic mass is 79.9. The first-order valence-corrected chi connectivity index (χ1v) is 9.41. The first-order valence-electron chi connectivity index (χ1n) is 8.62. The van der Waals surface area contributed by atoms with E-state index in [0.717, 1.165) is 42.0 Å². The Balaban J connectivity index is 1.66. The second-order valence-corrected chi connectivity index (χ2v) is 8.81. The summed E-state index contributed by atoms with van der Waals surface area (Å²) < 4.78 is 0.914. The molecular weight excluding hydrogens is 328 g/mol. The summed E-state index contributed by atoms with van der Waals surface area (Å²) in [5, 5.41) is 10.4. The first kappa shape index (κ1) is 14.4. The van der Waals surface area contributed by atoms with Gasteiger partial charge >= 0.3 is 0 Å². The summed E-state index contributed by atoms with van der Waals surface area (Å²) in [7, 11) is 0. The highest BCUT2D eigenvalue weighted by molar-refractivity contribution is 9.12. The van der Waals surface area contributed by atoms with E-state index in [2.05, 4.69) is 22.9 Å². The quantitative estimate of drug-likeness (QED) is 0.708. The Bertz CT molecular complexity index is 511. The largest absolute Gasteiger partial charge is 0.393 e. The number of fused-ring (bicyclic) bond motifs is 5. The number of carbonyl (C=O) groups is 1. The number of Topliss-reactive ketones (excluding diaryl/α,β-unsaturated/α-hetero) is 1. The predicted octanol–water partition coefficient (Wildman–Crippen LogP) is 4.21. The molecule has 21 heavy (non-hydrogen) atoms. The highest BCUT2D eigenvalue weighted by Gasteiger charge is 2.56. The molecule has 0 bridgehead atoms. The van der Waals surface area contributed by atoms with Crippen LogP contribution in [0, 0.1) is 29.1 Å². The van der Waals surface area contributed by atoms with Crippen LogP contribution >= 0.6 is 15.9 Å². The normalized spacial score (nSPS) is 49.7. The van der Waals surface area contributed by atoms with Gasteiger partial charge in [-0.2, -0.15) is 0 Å². The topological polar surface area (TPSA) is 37.3 Å². The summed E-state index contributed by atoms with van der Waals surface area (Å²) in [5.41, 5.74) is 1.60. The fourth-order valence-corrected chi connectivity index (χ4v) is 6.90. The van der Waals surface area contributed by atoms with Gasteiger partial charge in [0.15, 0.2) is 5.78 Å². The van der Waals surface area contributed by atoms with E-state index in [9.17, 15) is 9.90 Å². The Hall–Kier alpha value is -0.150. The summed E-state index contributed by atoms with van der Waals surface area (Å²) in [6, 6.07) is 0. The van der Waals surface area contributed by atoms with Gasteiger partial charge in [0.2, 0.25) is 0 Å². The van der Waals surface area contributed by atoms with Gasteiger partial charge in [-0.15, -0.1) is 0 Å². The summed E-state index contributed by atoms with van der Waals surface area (Å²) in [6.45, 7) is 2.33. The lowest BCUT2D eigenvalue weighted by atomic mass is 9.52. The molecule has 6 atom stereocenters. The molecule has 3 saturated carbocycles. The van der Waals surface area contributed by atoms with Gasteiger partial charge in [0.1, 0.15) is 0 Å². The lowest BCUT2D eigenvalue weighted by molar-refractivity contribution is -0.116. The zero-order chi connectivity index (χ0) is 14.8. The molecule has 0 aromatic carbocycles. The van der Waals surface area contributed by atoms with Crippen LogP contribution in [0.15, 0.2) is 10.1 Å². The smallest absolute Gasteiger partial charge is 0.169 e. The maximum atomic E-state index is 11.9. The minimum Gasteiger partial charge on any atom is -0.393 e. The van der Waals surface area contributed by atoms with Crippen molar-refractivity contribution in [1.29, 1.82) is 0 Å². The molecule has 116 valence electrons. The van der Waals surface area contributed by atoms with Crippen molar-refractivity contribution in [3.8, 4) is 0 Å². The second kappa shape index (κ2) is 4.92. The molecular formula is C18H25BrO2. The molecule has 1 N–H and O–H groups in total. The number of hydrogen-bond acceptors (Lipinski definition) is 2. The van der Waals surface area contributed by atoms with Crippen molar-refractivity contribution in [3.63, 3.8) is 0 Å². The number of aliphatic hydroxyl groups is 1. The van der Waals surface area contributed by atoms with E-state index in [1.54, 1.807) is 0 Å². The zero-order valence-electron chi connectivity index (χ0n) is 12.8. The van der Waals surface area contributed by atoms with Crippen LogP contribution in [-0.4, -0.2) is 17.0 Å². The van der Waals surface area contributed by atoms with E-state index in [1.165, 1.54) is 31.3 Å². The van der Waals surface area contributed by atoms with Gasteiger partial charge in [-0.1, -0.05) is 6.92 Å². The Kier molecular flexibility index (Phi) is 3.39. The van der Waals surface area contributed by atoms with E-state index in [0.29, 0.717) is 17.6 Å². The molecule has 0 amide bonds. The lowest BCUT2D eigenvalue weighted by Gasteiger charge is -2.53. The van der Waals surface area contributed by atoms with Crippen LogP contribution < -0.4 is 0 Å². The van der Waals surface area contributed by atoms with Gasteiger partial charge in [0, 0.05) is 6.42 Å². The maximum absolute atomic E-state index is 11.9. The number of aliphatic hydroxyl groups excluding tert-OH is 1. The van der Waals surface area contributed by atoms with Gasteiger partial charge in [-0.05, 0) is 95.5 Å². The van der Waals surface area contributed by atoms with Crippen molar-refractivity contribution in [2.45, 2.75) is 64.4 Å². The van der Waals surface area contributed by atoms with Gasteiger partial charge in [0.25, 0.3) is 0 Å². The Morgan fingerprint density at radius 3 is 2.71 bits per heavy atom. The predicted molar refractivity (Wildman–Crippen MR) is 86.0 cm³/mol. The van der Waals surface area contributed by atoms with Crippen LogP contribution in [0.4, 0.5) is 0 Å². The molecule has 4 aliphatic carbocycles. The van der Waals surface area contributed by atoms with Crippen LogP contribution in [-0.2, 0) is 4.79 Å². The molecule has 0 saturated heterocycles. The van der Waals surface area contributed by atoms with Crippen molar-refractivity contribution < 1.29 is 9.90 Å². The van der Waals surface area contributed by atoms with Crippen molar-refractivity contribution in [2.75, 3.05) is 0 Å². The summed E-state index contributed by atoms with van der Waals surface area (Å²) in [4.78, 5) is 11.9. The van der Waals surface area contributed by atoms with Gasteiger partial charge < -0.3 is 5.11 Å². The van der Waals surface area contributed by atoms with E-state index in [1.807, 2.05) is 0 Å². The molecule has 4 rings (SSSR count). The van der Waals surface area contributed by atoms with Crippen molar-refractivity contribution in [1.82, 2.24) is 0 Å². The molecule has 0 unspecified atom stereocenters. The number of allylic oxidation sites excluding steroid dienone is 1. The fourth-order valence-electron chi connectivity index (χ4n) is 6.21. The third-order valence-corrected chi connectivity index (χ3v) is 8.31. The molecule has 0 heterocycles. The van der Waals surface area contributed by atoms with E-state index in [4.69, 9.17) is 0 Å². The average molecular weight is 353 g/mol. The van der Waals surface area contributed by atoms with Crippen molar-refractivity contribution in [3.05, 3.63) is 10.1 Å². The summed E-state index contributed by atoms with van der Waals surface area (Å²) >= 11 is 3.58. The van der Waals surface area contributed by atoms with Crippen LogP contribution in [0.25, 0.3) is 0 Å². The first-order chi connectivity index (χ1) is 10.0. The standard InChI is InChI=1S/C18H25BrO2/c1-18-9-8-11-10-4-6-15(20)17(19)13(10)3-2-12(11)14(18)5-7-16(18)21/h10-12,14,16,21H,2-9H2,1H3/t10-,11+,12-,14+,16+,18-/m0/s1. The minimum absolute atomic E-state index is 0.0833. The van der Waals surface area contributed by atoms with Crippen molar-refractivity contribution >= 4 is 21.7 Å². The Morgan fingerprint density at radius 2 is 1.90 bits per heavy atom. The number of hydrogen-bond donors (Lipinski definition) is 1. The van der Waals surface area contributed by atoms with Gasteiger partial charge in [-0.3, -0.25) is 4.79 Å². The van der Waals surface area contributed by atoms with Crippen molar-refractivity contribution in [2.24, 2.45) is 29.1 Å². The third-order valence-electron chi connectivity index (χ3n) is 7.36. The Morgan fingerprint density at radius 1 is 1.10 bits per heavy atom. The van der Waals surface area contributed by atoms with Crippen LogP contribution in [0.2, 0.25) is 0 Å². The van der Waals surface area contributed by atoms with Gasteiger partial charge in [0.05, 0.1) is 10.6 Å². The van der Waals surface area contributed by atoms with E-state index in [-0.39, 0.29) is 11.5 Å². The molecule has 0 radical (unpaired) electrons. The SMILES string of the molecule is C[C@]12CC[C@H]3[C@H](CCC4=C(Br)C(=O)CC[C@H]43)[C@H]1CC[C@H]2O. The van der Waals surface area contributed by atoms with Gasteiger partial charge in [-0.25, -0.2) is 0 Å².